The summed E-state index contributed by atoms with van der Waals surface area (Å²) >= 11 is 7.57. The maximum absolute atomic E-state index is 13.6. The van der Waals surface area contributed by atoms with Gasteiger partial charge in [-0.1, -0.05) is 73.1 Å². The van der Waals surface area contributed by atoms with Crippen LogP contribution in [0, 0.1) is 5.82 Å². The quantitative estimate of drug-likeness (QED) is 0.303. The molecule has 4 nitrogen and oxygen atoms in total. The van der Waals surface area contributed by atoms with Crippen LogP contribution in [0.5, 0.6) is 0 Å². The highest BCUT2D eigenvalue weighted by Gasteiger charge is 2.30. The van der Waals surface area contributed by atoms with E-state index in [9.17, 15) is 14.0 Å². The lowest BCUT2D eigenvalue weighted by Crippen LogP contribution is -2.52. The van der Waals surface area contributed by atoms with Gasteiger partial charge in [-0.15, -0.1) is 11.8 Å². The zero-order valence-corrected chi connectivity index (χ0v) is 22.2. The van der Waals surface area contributed by atoms with E-state index in [0.717, 1.165) is 23.1 Å². The summed E-state index contributed by atoms with van der Waals surface area (Å²) in [5, 5.41) is 3.71. The minimum Gasteiger partial charge on any atom is -0.352 e. The normalized spacial score (nSPS) is 12.6. The van der Waals surface area contributed by atoms with E-state index in [1.165, 1.54) is 23.9 Å². The third kappa shape index (κ3) is 8.68. The summed E-state index contributed by atoms with van der Waals surface area (Å²) in [7, 11) is 0. The van der Waals surface area contributed by atoms with Crippen molar-refractivity contribution in [1.82, 2.24) is 10.2 Å². The molecule has 2 atom stereocenters. The third-order valence-corrected chi connectivity index (χ3v) is 7.15. The molecule has 0 saturated heterocycles. The number of nitrogens with zero attached hydrogens (tertiary/aromatic N) is 1. The number of hydrogen-bond donors (Lipinski definition) is 1. The van der Waals surface area contributed by atoms with E-state index < -0.39 is 6.04 Å². The fourth-order valence-electron chi connectivity index (χ4n) is 3.75. The molecule has 0 aliphatic carbocycles. The smallest absolute Gasteiger partial charge is 0.243 e. The van der Waals surface area contributed by atoms with Crippen LogP contribution in [0.3, 0.4) is 0 Å². The first kappa shape index (κ1) is 27.8. The van der Waals surface area contributed by atoms with Crippen LogP contribution < -0.4 is 5.32 Å². The minimum absolute atomic E-state index is 0.0178. The van der Waals surface area contributed by atoms with Gasteiger partial charge in [-0.3, -0.25) is 9.59 Å². The number of amides is 2. The summed E-state index contributed by atoms with van der Waals surface area (Å²) in [6, 6.07) is 22.6. The van der Waals surface area contributed by atoms with Crippen LogP contribution in [-0.4, -0.2) is 34.6 Å². The first-order valence-corrected chi connectivity index (χ1v) is 13.6. The molecule has 0 radical (unpaired) electrons. The topological polar surface area (TPSA) is 49.4 Å². The number of halogens is 2. The molecule has 0 aliphatic rings. The number of benzene rings is 3. The molecular formula is C29H32ClFN2O2S. The van der Waals surface area contributed by atoms with Gasteiger partial charge in [0, 0.05) is 29.8 Å². The van der Waals surface area contributed by atoms with Crippen LogP contribution in [0.25, 0.3) is 0 Å². The number of rotatable bonds is 12. The maximum Gasteiger partial charge on any atom is 0.243 e. The van der Waals surface area contributed by atoms with Crippen molar-refractivity contribution in [2.24, 2.45) is 0 Å². The average Bonchev–Trinajstić information content (AvgIpc) is 2.87. The Morgan fingerprint density at radius 1 is 0.972 bits per heavy atom. The van der Waals surface area contributed by atoms with E-state index in [1.54, 1.807) is 17.0 Å². The van der Waals surface area contributed by atoms with Crippen LogP contribution >= 0.6 is 23.4 Å². The van der Waals surface area contributed by atoms with Crippen molar-refractivity contribution in [2.45, 2.75) is 51.1 Å². The van der Waals surface area contributed by atoms with Gasteiger partial charge in [0.1, 0.15) is 11.9 Å². The van der Waals surface area contributed by atoms with Gasteiger partial charge in [0.25, 0.3) is 0 Å². The fourth-order valence-corrected chi connectivity index (χ4v) is 4.82. The summed E-state index contributed by atoms with van der Waals surface area (Å²) in [5.74, 6) is 0.147. The van der Waals surface area contributed by atoms with E-state index in [0.29, 0.717) is 17.2 Å². The molecule has 0 bridgehead atoms. The summed E-state index contributed by atoms with van der Waals surface area (Å²) in [4.78, 5) is 28.7. The number of thioether (sulfide) groups is 1. The monoisotopic (exact) mass is 526 g/mol. The highest BCUT2D eigenvalue weighted by atomic mass is 35.5. The molecule has 0 aliphatic heterocycles. The number of hydrogen-bond acceptors (Lipinski definition) is 3. The zero-order chi connectivity index (χ0) is 25.9. The molecular weight excluding hydrogens is 495 g/mol. The minimum atomic E-state index is -0.703. The van der Waals surface area contributed by atoms with Crippen LogP contribution in [-0.2, 0) is 28.3 Å². The molecule has 0 fully saturated rings. The number of carbonyl (C=O) groups excluding carboxylic acids is 2. The van der Waals surface area contributed by atoms with Crippen molar-refractivity contribution in [3.05, 3.63) is 106 Å². The molecule has 1 N–H and O–H groups in total. The third-order valence-electron chi connectivity index (χ3n) is 5.92. The molecule has 3 aromatic carbocycles. The lowest BCUT2D eigenvalue weighted by molar-refractivity contribution is -0.139. The van der Waals surface area contributed by atoms with Gasteiger partial charge in [-0.25, -0.2) is 4.39 Å². The summed E-state index contributed by atoms with van der Waals surface area (Å²) in [6.07, 6.45) is 1.17. The zero-order valence-electron chi connectivity index (χ0n) is 20.6. The Kier molecular flexibility index (Phi) is 10.8. The predicted molar refractivity (Wildman–Crippen MR) is 146 cm³/mol. The highest BCUT2D eigenvalue weighted by molar-refractivity contribution is 7.99. The van der Waals surface area contributed by atoms with Crippen LogP contribution in [0.15, 0.2) is 78.9 Å². The first-order valence-electron chi connectivity index (χ1n) is 12.1. The van der Waals surface area contributed by atoms with Crippen molar-refractivity contribution < 1.29 is 14.0 Å². The second-order valence-corrected chi connectivity index (χ2v) is 10.2. The van der Waals surface area contributed by atoms with E-state index in [2.05, 4.69) is 5.32 Å². The SMILES string of the molecule is CC[C@@H](C)NC(=O)[C@H](Cc1ccccc1)N(Cc1ccc(F)cc1)C(=O)CSCc1cccc(Cl)c1. The Bertz CT molecular complexity index is 1130. The van der Waals surface area contributed by atoms with E-state index in [-0.39, 0.29) is 36.0 Å². The predicted octanol–water partition coefficient (Wildman–Crippen LogP) is 6.27. The Hall–Kier alpha value is -2.83. The fraction of sp³-hybridized carbons (Fsp3) is 0.310. The summed E-state index contributed by atoms with van der Waals surface area (Å²) < 4.78 is 13.5. The second-order valence-electron chi connectivity index (χ2n) is 8.79. The summed E-state index contributed by atoms with van der Waals surface area (Å²) in [6.45, 7) is 4.16. The van der Waals surface area contributed by atoms with E-state index in [4.69, 9.17) is 11.6 Å². The largest absolute Gasteiger partial charge is 0.352 e. The Balaban J connectivity index is 1.85. The van der Waals surface area contributed by atoms with E-state index in [1.807, 2.05) is 68.4 Å². The molecule has 3 aromatic rings. The number of nitrogens with one attached hydrogen (secondary N) is 1. The van der Waals surface area contributed by atoms with Gasteiger partial charge >= 0.3 is 0 Å². The van der Waals surface area contributed by atoms with Crippen LogP contribution in [0.1, 0.15) is 37.0 Å². The van der Waals surface area contributed by atoms with Crippen molar-refractivity contribution in [1.29, 1.82) is 0 Å². The van der Waals surface area contributed by atoms with Crippen molar-refractivity contribution >= 4 is 35.2 Å². The molecule has 0 spiro atoms. The van der Waals surface area contributed by atoms with Gasteiger partial charge in [0.15, 0.2) is 0 Å². The van der Waals surface area contributed by atoms with Gasteiger partial charge < -0.3 is 10.2 Å². The summed E-state index contributed by atoms with van der Waals surface area (Å²) in [5.41, 5.74) is 2.75. The molecule has 3 rings (SSSR count). The second kappa shape index (κ2) is 14.0. The Morgan fingerprint density at radius 2 is 1.67 bits per heavy atom. The molecule has 0 unspecified atom stereocenters. The lowest BCUT2D eigenvalue weighted by atomic mass is 10.0. The van der Waals surface area contributed by atoms with Crippen molar-refractivity contribution in [3.63, 3.8) is 0 Å². The van der Waals surface area contributed by atoms with Gasteiger partial charge in [-0.05, 0) is 54.3 Å². The molecule has 0 aromatic heterocycles. The number of carbonyl (C=O) groups is 2. The Labute approximate surface area is 222 Å². The van der Waals surface area contributed by atoms with Crippen molar-refractivity contribution in [3.8, 4) is 0 Å². The molecule has 7 heteroatoms. The highest BCUT2D eigenvalue weighted by Crippen LogP contribution is 2.20. The van der Waals surface area contributed by atoms with Gasteiger partial charge in [0.2, 0.25) is 11.8 Å². The van der Waals surface area contributed by atoms with Crippen LogP contribution in [0.2, 0.25) is 5.02 Å². The van der Waals surface area contributed by atoms with E-state index >= 15 is 0 Å². The van der Waals surface area contributed by atoms with Crippen molar-refractivity contribution in [2.75, 3.05) is 5.75 Å². The van der Waals surface area contributed by atoms with Gasteiger partial charge in [0.05, 0.1) is 5.75 Å². The molecule has 2 amide bonds. The average molecular weight is 527 g/mol. The molecule has 190 valence electrons. The van der Waals surface area contributed by atoms with Crippen LogP contribution in [0.4, 0.5) is 4.39 Å². The standard InChI is InChI=1S/C29H32ClFN2O2S/c1-3-21(2)32-29(35)27(17-22-8-5-4-6-9-22)33(18-23-12-14-26(31)15-13-23)28(34)20-36-19-24-10-7-11-25(30)16-24/h4-16,21,27H,3,17-20H2,1-2H3,(H,32,35)/t21-,27+/m1/s1. The first-order chi connectivity index (χ1) is 17.4. The van der Waals surface area contributed by atoms with Gasteiger partial charge in [-0.2, -0.15) is 0 Å². The molecule has 36 heavy (non-hydrogen) atoms. The maximum atomic E-state index is 13.6. The Morgan fingerprint density at radius 3 is 2.33 bits per heavy atom. The molecule has 0 heterocycles. The lowest BCUT2D eigenvalue weighted by Gasteiger charge is -2.32. The molecule has 0 saturated carbocycles.